The summed E-state index contributed by atoms with van der Waals surface area (Å²) in [6.45, 7) is 3.41. The van der Waals surface area contributed by atoms with Gasteiger partial charge in [0.1, 0.15) is 6.04 Å². The van der Waals surface area contributed by atoms with Crippen molar-refractivity contribution in [1.82, 2.24) is 4.90 Å². The van der Waals surface area contributed by atoms with Crippen molar-refractivity contribution in [3.8, 4) is 0 Å². The number of carbonyl (C=O) groups is 2. The van der Waals surface area contributed by atoms with E-state index in [1.807, 2.05) is 72.8 Å². The molecule has 1 aliphatic heterocycles. The van der Waals surface area contributed by atoms with Crippen LogP contribution in [0.3, 0.4) is 0 Å². The Morgan fingerprint density at radius 1 is 1.00 bits per heavy atom. The van der Waals surface area contributed by atoms with Crippen LogP contribution in [0.2, 0.25) is 0 Å². The van der Waals surface area contributed by atoms with Crippen LogP contribution >= 0.6 is 0 Å². The number of carboxylic acids is 1. The normalized spacial score (nSPS) is 17.2. The highest BCUT2D eigenvalue weighted by molar-refractivity contribution is 6.17. The average Bonchev–Trinajstić information content (AvgIpc) is 3.34. The van der Waals surface area contributed by atoms with Gasteiger partial charge in [-0.15, -0.1) is 0 Å². The van der Waals surface area contributed by atoms with Gasteiger partial charge >= 0.3 is 5.97 Å². The van der Waals surface area contributed by atoms with Crippen molar-refractivity contribution in [2.45, 2.75) is 44.8 Å². The van der Waals surface area contributed by atoms with E-state index in [4.69, 9.17) is 0 Å². The Morgan fingerprint density at radius 2 is 1.66 bits per heavy atom. The van der Waals surface area contributed by atoms with E-state index < -0.39 is 12.0 Å². The average molecular weight is 470 g/mol. The molecule has 4 rings (SSSR count). The molecule has 0 unspecified atom stereocenters. The summed E-state index contributed by atoms with van der Waals surface area (Å²) in [5, 5.41) is 12.8. The fourth-order valence-electron chi connectivity index (χ4n) is 4.52. The maximum atomic E-state index is 13.4. The standard InChI is InChI=1S/C29H31N3O3/c1-2-24(29(34)35)30-27(22-14-7-4-8-15-22)23-16-9-10-17-25(23)31-28(33)26-18-11-19-32(26)20-21-12-5-3-6-13-21/h3-10,12-17,24,26H,2,11,18-20H2,1H3,(H,31,33)(H,34,35)/t24-,26-/m0/s1. The number of amides is 1. The lowest BCUT2D eigenvalue weighted by molar-refractivity contribution is -0.138. The van der Waals surface area contributed by atoms with Crippen molar-refractivity contribution in [3.63, 3.8) is 0 Å². The number of carboxylic acid groups (broad SMARTS) is 1. The molecule has 1 amide bonds. The second-order valence-corrected chi connectivity index (χ2v) is 8.75. The molecule has 3 aromatic rings. The van der Waals surface area contributed by atoms with Crippen LogP contribution in [0.5, 0.6) is 0 Å². The summed E-state index contributed by atoms with van der Waals surface area (Å²) in [6.07, 6.45) is 2.15. The molecule has 3 aromatic carbocycles. The van der Waals surface area contributed by atoms with Crippen LogP contribution in [0.1, 0.15) is 42.9 Å². The minimum atomic E-state index is -0.968. The Kier molecular flexibility index (Phi) is 8.06. The van der Waals surface area contributed by atoms with Crippen molar-refractivity contribution < 1.29 is 14.7 Å². The number of anilines is 1. The molecule has 0 aliphatic carbocycles. The lowest BCUT2D eigenvalue weighted by Gasteiger charge is -2.24. The Bertz CT molecular complexity index is 1180. The van der Waals surface area contributed by atoms with E-state index in [0.717, 1.165) is 31.5 Å². The van der Waals surface area contributed by atoms with Gasteiger partial charge in [0.05, 0.1) is 17.4 Å². The number of aliphatic carboxylic acids is 1. The molecule has 1 aliphatic rings. The Morgan fingerprint density at radius 3 is 2.34 bits per heavy atom. The van der Waals surface area contributed by atoms with Gasteiger partial charge in [0.25, 0.3) is 0 Å². The number of para-hydroxylation sites is 1. The number of nitrogens with one attached hydrogen (secondary N) is 1. The number of carbonyl (C=O) groups excluding carboxylic acids is 1. The van der Waals surface area contributed by atoms with E-state index in [9.17, 15) is 14.7 Å². The molecule has 6 nitrogen and oxygen atoms in total. The molecular weight excluding hydrogens is 438 g/mol. The van der Waals surface area contributed by atoms with Gasteiger partial charge in [0, 0.05) is 17.7 Å². The molecule has 0 saturated carbocycles. The molecular formula is C29H31N3O3. The SMILES string of the molecule is CC[C@H](N=C(c1ccccc1)c1ccccc1NC(=O)[C@@H]1CCCN1Cc1ccccc1)C(=O)O. The van der Waals surface area contributed by atoms with Crippen molar-refractivity contribution >= 4 is 23.3 Å². The van der Waals surface area contributed by atoms with E-state index in [1.54, 1.807) is 6.92 Å². The fraction of sp³-hybridized carbons (Fsp3) is 0.276. The minimum absolute atomic E-state index is 0.0523. The zero-order valence-corrected chi connectivity index (χ0v) is 19.9. The molecule has 35 heavy (non-hydrogen) atoms. The predicted molar refractivity (Wildman–Crippen MR) is 139 cm³/mol. The summed E-state index contributed by atoms with van der Waals surface area (Å²) in [4.78, 5) is 32.0. The first-order chi connectivity index (χ1) is 17.1. The highest BCUT2D eigenvalue weighted by Gasteiger charge is 2.31. The number of rotatable bonds is 9. The number of hydrogen-bond donors (Lipinski definition) is 2. The van der Waals surface area contributed by atoms with Crippen LogP contribution in [-0.4, -0.2) is 46.2 Å². The van der Waals surface area contributed by atoms with Gasteiger partial charge in [-0.25, -0.2) is 4.79 Å². The van der Waals surface area contributed by atoms with Gasteiger partial charge in [-0.05, 0) is 37.4 Å². The van der Waals surface area contributed by atoms with Crippen LogP contribution in [0.25, 0.3) is 0 Å². The Hall–Kier alpha value is -3.77. The maximum Gasteiger partial charge on any atom is 0.328 e. The summed E-state index contributed by atoms with van der Waals surface area (Å²) in [7, 11) is 0. The van der Waals surface area contributed by atoms with Crippen LogP contribution in [0.4, 0.5) is 5.69 Å². The van der Waals surface area contributed by atoms with Gasteiger partial charge in [0.15, 0.2) is 0 Å². The third-order valence-corrected chi connectivity index (χ3v) is 6.34. The minimum Gasteiger partial charge on any atom is -0.480 e. The number of likely N-dealkylation sites (tertiary alicyclic amines) is 1. The van der Waals surface area contributed by atoms with Crippen LogP contribution in [0, 0.1) is 0 Å². The van der Waals surface area contributed by atoms with Gasteiger partial charge in [0.2, 0.25) is 5.91 Å². The second kappa shape index (κ2) is 11.6. The van der Waals surface area contributed by atoms with Crippen LogP contribution < -0.4 is 5.32 Å². The van der Waals surface area contributed by atoms with E-state index in [2.05, 4.69) is 27.3 Å². The molecule has 0 bridgehead atoms. The zero-order valence-electron chi connectivity index (χ0n) is 19.9. The number of aliphatic imine (C=N–C) groups is 1. The van der Waals surface area contributed by atoms with E-state index in [0.29, 0.717) is 23.4 Å². The summed E-state index contributed by atoms with van der Waals surface area (Å²) in [6, 6.07) is 26.1. The number of nitrogens with zero attached hydrogens (tertiary/aromatic N) is 2. The summed E-state index contributed by atoms with van der Waals surface area (Å²) in [5.74, 6) is -1.02. The van der Waals surface area contributed by atoms with Crippen molar-refractivity contribution in [2.75, 3.05) is 11.9 Å². The first-order valence-electron chi connectivity index (χ1n) is 12.1. The molecule has 1 saturated heterocycles. The van der Waals surface area contributed by atoms with E-state index in [1.165, 1.54) is 5.56 Å². The van der Waals surface area contributed by atoms with Gasteiger partial charge < -0.3 is 10.4 Å². The van der Waals surface area contributed by atoms with Gasteiger partial charge in [-0.1, -0.05) is 85.8 Å². The van der Waals surface area contributed by atoms with Crippen molar-refractivity contribution in [2.24, 2.45) is 4.99 Å². The van der Waals surface area contributed by atoms with Gasteiger partial charge in [-0.2, -0.15) is 0 Å². The third-order valence-electron chi connectivity index (χ3n) is 6.34. The maximum absolute atomic E-state index is 13.4. The molecule has 2 N–H and O–H groups in total. The molecule has 180 valence electrons. The summed E-state index contributed by atoms with van der Waals surface area (Å²) >= 11 is 0. The largest absolute Gasteiger partial charge is 0.480 e. The molecule has 2 atom stereocenters. The quantitative estimate of drug-likeness (QED) is 0.433. The van der Waals surface area contributed by atoms with E-state index >= 15 is 0 Å². The third kappa shape index (κ3) is 6.03. The monoisotopic (exact) mass is 469 g/mol. The summed E-state index contributed by atoms with van der Waals surface area (Å²) < 4.78 is 0. The Balaban J connectivity index is 1.62. The van der Waals surface area contributed by atoms with Gasteiger partial charge in [-0.3, -0.25) is 14.7 Å². The second-order valence-electron chi connectivity index (χ2n) is 8.75. The predicted octanol–water partition coefficient (Wildman–Crippen LogP) is 4.99. The molecule has 1 heterocycles. The first kappa shape index (κ1) is 24.4. The molecule has 0 aromatic heterocycles. The van der Waals surface area contributed by atoms with E-state index in [-0.39, 0.29) is 11.9 Å². The fourth-order valence-corrected chi connectivity index (χ4v) is 4.52. The Labute approximate surface area is 206 Å². The topological polar surface area (TPSA) is 82.0 Å². The number of benzene rings is 3. The molecule has 1 fully saturated rings. The summed E-state index contributed by atoms with van der Waals surface area (Å²) in [5.41, 5.74) is 3.89. The lowest BCUT2D eigenvalue weighted by Crippen LogP contribution is -2.39. The molecule has 0 spiro atoms. The number of hydrogen-bond acceptors (Lipinski definition) is 4. The lowest BCUT2D eigenvalue weighted by atomic mass is 9.99. The van der Waals surface area contributed by atoms with Crippen LogP contribution in [-0.2, 0) is 16.1 Å². The highest BCUT2D eigenvalue weighted by Crippen LogP contribution is 2.25. The first-order valence-corrected chi connectivity index (χ1v) is 12.1. The highest BCUT2D eigenvalue weighted by atomic mass is 16.4. The van der Waals surface area contributed by atoms with Crippen molar-refractivity contribution in [1.29, 1.82) is 0 Å². The smallest absolute Gasteiger partial charge is 0.328 e. The van der Waals surface area contributed by atoms with Crippen molar-refractivity contribution in [3.05, 3.63) is 102 Å². The zero-order chi connectivity index (χ0) is 24.6. The molecule has 6 heteroatoms. The van der Waals surface area contributed by atoms with Crippen LogP contribution in [0.15, 0.2) is 89.9 Å². The molecule has 0 radical (unpaired) electrons.